The molecule has 9 nitrogen and oxygen atoms in total. The third-order valence-electron chi connectivity index (χ3n) is 8.39. The van der Waals surface area contributed by atoms with Crippen LogP contribution in [0.3, 0.4) is 0 Å². The van der Waals surface area contributed by atoms with Gasteiger partial charge >= 0.3 is 0 Å². The molecule has 1 spiro atoms. The van der Waals surface area contributed by atoms with Crippen LogP contribution < -0.4 is 9.64 Å². The van der Waals surface area contributed by atoms with Crippen LogP contribution in [0.5, 0.6) is 5.75 Å². The molecular formula is C29H37N3O6. The first-order chi connectivity index (χ1) is 18.2. The van der Waals surface area contributed by atoms with Crippen molar-refractivity contribution in [2.24, 2.45) is 11.8 Å². The van der Waals surface area contributed by atoms with Crippen molar-refractivity contribution in [3.63, 3.8) is 0 Å². The number of benzene rings is 1. The van der Waals surface area contributed by atoms with Gasteiger partial charge in [0, 0.05) is 31.4 Å². The van der Waals surface area contributed by atoms with E-state index in [0.717, 1.165) is 0 Å². The van der Waals surface area contributed by atoms with E-state index in [-0.39, 0.29) is 36.9 Å². The van der Waals surface area contributed by atoms with Gasteiger partial charge in [0.25, 0.3) is 0 Å². The zero-order chi connectivity index (χ0) is 27.2. The van der Waals surface area contributed by atoms with Gasteiger partial charge in [0.2, 0.25) is 17.7 Å². The second kappa shape index (κ2) is 9.85. The average molecular weight is 524 g/mol. The summed E-state index contributed by atoms with van der Waals surface area (Å²) in [4.78, 5) is 47.3. The number of hydrogen-bond donors (Lipinski definition) is 1. The van der Waals surface area contributed by atoms with Gasteiger partial charge in [0.1, 0.15) is 17.4 Å². The number of fused-ring (bicyclic) bond motifs is 2. The van der Waals surface area contributed by atoms with Gasteiger partial charge in [-0.1, -0.05) is 31.2 Å². The summed E-state index contributed by atoms with van der Waals surface area (Å²) in [6, 6.07) is 6.29. The van der Waals surface area contributed by atoms with E-state index in [1.165, 1.54) is 4.90 Å². The zero-order valence-electron chi connectivity index (χ0n) is 22.5. The Balaban J connectivity index is 1.62. The lowest BCUT2D eigenvalue weighted by atomic mass is 9.73. The van der Waals surface area contributed by atoms with E-state index in [9.17, 15) is 19.5 Å². The molecule has 0 saturated carbocycles. The molecule has 5 atom stereocenters. The number of likely N-dealkylation sites (tertiary alicyclic amines) is 1. The summed E-state index contributed by atoms with van der Waals surface area (Å²) in [6.07, 6.45) is 8.02. The molecule has 0 aliphatic carbocycles. The Morgan fingerprint density at radius 2 is 1.71 bits per heavy atom. The number of ether oxygens (including phenoxy) is 2. The van der Waals surface area contributed by atoms with E-state index in [4.69, 9.17) is 9.47 Å². The van der Waals surface area contributed by atoms with Crippen LogP contribution >= 0.6 is 0 Å². The van der Waals surface area contributed by atoms with Crippen molar-refractivity contribution in [1.82, 2.24) is 9.80 Å². The molecule has 3 amide bonds. The first-order valence-electron chi connectivity index (χ1n) is 13.6. The van der Waals surface area contributed by atoms with Crippen LogP contribution in [0.15, 0.2) is 48.6 Å². The Hall–Kier alpha value is -3.17. The molecule has 0 aromatic heterocycles. The summed E-state index contributed by atoms with van der Waals surface area (Å²) in [5, 5.41) is 9.83. The van der Waals surface area contributed by atoms with Crippen LogP contribution in [0.4, 0.5) is 5.69 Å². The van der Waals surface area contributed by atoms with E-state index in [1.807, 2.05) is 76.3 Å². The van der Waals surface area contributed by atoms with Gasteiger partial charge in [0.05, 0.1) is 30.7 Å². The number of hydrogen-bond acceptors (Lipinski definition) is 6. The lowest BCUT2D eigenvalue weighted by Crippen LogP contribution is -2.57. The lowest BCUT2D eigenvalue weighted by molar-refractivity contribution is -0.153. The number of carbonyl (C=O) groups is 3. The number of anilines is 1. The van der Waals surface area contributed by atoms with Crippen molar-refractivity contribution in [3.8, 4) is 5.75 Å². The quantitative estimate of drug-likeness (QED) is 0.550. The third kappa shape index (κ3) is 3.78. The molecule has 2 saturated heterocycles. The van der Waals surface area contributed by atoms with Crippen LogP contribution in [0.1, 0.15) is 34.1 Å². The number of aliphatic hydroxyl groups excluding tert-OH is 1. The van der Waals surface area contributed by atoms with Crippen molar-refractivity contribution in [3.05, 3.63) is 48.6 Å². The van der Waals surface area contributed by atoms with E-state index in [2.05, 4.69) is 0 Å². The topological polar surface area (TPSA) is 99.6 Å². The molecule has 5 rings (SSSR count). The molecule has 0 bridgehead atoms. The van der Waals surface area contributed by atoms with Crippen molar-refractivity contribution < 1.29 is 29.0 Å². The van der Waals surface area contributed by atoms with Gasteiger partial charge in [-0.2, -0.15) is 0 Å². The van der Waals surface area contributed by atoms with Gasteiger partial charge in [-0.15, -0.1) is 0 Å². The summed E-state index contributed by atoms with van der Waals surface area (Å²) in [7, 11) is 0. The fourth-order valence-corrected chi connectivity index (χ4v) is 6.71. The predicted octanol–water partition coefficient (Wildman–Crippen LogP) is 2.15. The van der Waals surface area contributed by atoms with E-state index >= 15 is 0 Å². The first-order valence-corrected chi connectivity index (χ1v) is 13.6. The van der Waals surface area contributed by atoms with Gasteiger partial charge in [0.15, 0.2) is 0 Å². The highest BCUT2D eigenvalue weighted by Crippen LogP contribution is 2.58. The lowest BCUT2D eigenvalue weighted by Gasteiger charge is -2.39. The standard InChI is InChI=1S/C29H37N3O6/c1-5-28-13-7-16-31(20-9-11-21(12-10-20)37-6-2)25(34)22(28)23-26(35)32(17-18-33)24-27(36)30(19(3)4)15-8-14-29(23,24)38-28/h7-14,19,22-24,33H,5-6,15-18H2,1-4H3/t22-,23+,24?,28+,29+/m1/s1. The Bertz CT molecular complexity index is 1160. The SMILES string of the molecule is CCOc1ccc(N2CC=C[C@]3(CC)O[C@]45C=CCN(C(C)C)C(=O)C4N(CCO)C(=O)[C@@H]5[C@@H]3C2=O)cc1. The molecule has 1 aromatic rings. The van der Waals surface area contributed by atoms with Gasteiger partial charge in [-0.3, -0.25) is 14.4 Å². The minimum atomic E-state index is -1.31. The maximum Gasteiger partial charge on any atom is 0.249 e. The summed E-state index contributed by atoms with van der Waals surface area (Å²) < 4.78 is 12.5. The van der Waals surface area contributed by atoms with Crippen molar-refractivity contribution in [1.29, 1.82) is 0 Å². The molecule has 2 fully saturated rings. The molecule has 4 heterocycles. The monoisotopic (exact) mass is 523 g/mol. The highest BCUT2D eigenvalue weighted by Gasteiger charge is 2.75. The molecule has 1 aromatic carbocycles. The third-order valence-corrected chi connectivity index (χ3v) is 8.39. The number of aliphatic hydroxyl groups is 1. The smallest absolute Gasteiger partial charge is 0.249 e. The van der Waals surface area contributed by atoms with Gasteiger partial charge in [-0.25, -0.2) is 0 Å². The second-order valence-electron chi connectivity index (χ2n) is 10.6. The van der Waals surface area contributed by atoms with Crippen molar-refractivity contribution in [2.45, 2.75) is 57.4 Å². The van der Waals surface area contributed by atoms with Crippen LogP contribution in [0, 0.1) is 11.8 Å². The Morgan fingerprint density at radius 3 is 2.34 bits per heavy atom. The van der Waals surface area contributed by atoms with Crippen LogP contribution in [-0.4, -0.2) is 88.8 Å². The Kier molecular flexibility index (Phi) is 6.86. The maximum absolute atomic E-state index is 14.4. The van der Waals surface area contributed by atoms with E-state index in [0.29, 0.717) is 37.6 Å². The molecule has 4 aliphatic heterocycles. The normalized spacial score (nSPS) is 32.4. The van der Waals surface area contributed by atoms with Crippen molar-refractivity contribution in [2.75, 3.05) is 37.7 Å². The molecule has 4 aliphatic rings. The molecular weight excluding hydrogens is 486 g/mol. The number of nitrogens with zero attached hydrogens (tertiary/aromatic N) is 3. The number of carbonyl (C=O) groups excluding carboxylic acids is 3. The van der Waals surface area contributed by atoms with Crippen LogP contribution in [0.25, 0.3) is 0 Å². The van der Waals surface area contributed by atoms with Gasteiger partial charge in [-0.05, 0) is 51.5 Å². The maximum atomic E-state index is 14.4. The fourth-order valence-electron chi connectivity index (χ4n) is 6.71. The number of rotatable bonds is 7. The summed E-state index contributed by atoms with van der Waals surface area (Å²) in [6.45, 7) is 8.69. The summed E-state index contributed by atoms with van der Waals surface area (Å²) >= 11 is 0. The molecule has 38 heavy (non-hydrogen) atoms. The Labute approximate surface area is 223 Å². The van der Waals surface area contributed by atoms with Gasteiger partial charge < -0.3 is 29.3 Å². The fraction of sp³-hybridized carbons (Fsp3) is 0.552. The Morgan fingerprint density at radius 1 is 1.00 bits per heavy atom. The molecule has 0 radical (unpaired) electrons. The zero-order valence-corrected chi connectivity index (χ0v) is 22.5. The number of amides is 3. The highest BCUT2D eigenvalue weighted by molar-refractivity contribution is 6.04. The molecule has 1 unspecified atom stereocenters. The van der Waals surface area contributed by atoms with E-state index in [1.54, 1.807) is 9.80 Å². The summed E-state index contributed by atoms with van der Waals surface area (Å²) in [5.74, 6) is -1.79. The molecule has 1 N–H and O–H groups in total. The van der Waals surface area contributed by atoms with Crippen LogP contribution in [0.2, 0.25) is 0 Å². The average Bonchev–Trinajstić information content (AvgIpc) is 3.17. The first kappa shape index (κ1) is 26.4. The minimum absolute atomic E-state index is 0.00486. The van der Waals surface area contributed by atoms with E-state index < -0.39 is 29.1 Å². The highest BCUT2D eigenvalue weighted by atomic mass is 16.5. The number of β-amino-alcohol motifs (C(OH)–C–C–N with tert-alkyl or cyclic N) is 1. The van der Waals surface area contributed by atoms with Crippen LogP contribution in [-0.2, 0) is 19.1 Å². The summed E-state index contributed by atoms with van der Waals surface area (Å²) in [5.41, 5.74) is -1.66. The molecule has 9 heteroatoms. The second-order valence-corrected chi connectivity index (χ2v) is 10.6. The largest absolute Gasteiger partial charge is 0.494 e. The predicted molar refractivity (Wildman–Crippen MR) is 141 cm³/mol. The van der Waals surface area contributed by atoms with Crippen molar-refractivity contribution >= 4 is 23.4 Å². The minimum Gasteiger partial charge on any atom is -0.494 e. The molecule has 204 valence electrons.